The van der Waals surface area contributed by atoms with E-state index in [4.69, 9.17) is 10.5 Å². The van der Waals surface area contributed by atoms with Crippen molar-refractivity contribution >= 4 is 5.91 Å². The summed E-state index contributed by atoms with van der Waals surface area (Å²) < 4.78 is 5.19. The zero-order chi connectivity index (χ0) is 13.0. The molecule has 4 heteroatoms. The van der Waals surface area contributed by atoms with E-state index in [1.165, 1.54) is 11.1 Å². The van der Waals surface area contributed by atoms with Crippen LogP contribution in [0.3, 0.4) is 0 Å². The third-order valence-corrected chi connectivity index (χ3v) is 3.42. The van der Waals surface area contributed by atoms with Crippen molar-refractivity contribution in [2.24, 2.45) is 11.7 Å². The second-order valence-electron chi connectivity index (χ2n) is 4.78. The fraction of sp³-hybridized carbons (Fsp3) is 0.500. The van der Waals surface area contributed by atoms with E-state index in [2.05, 4.69) is 24.4 Å². The van der Waals surface area contributed by atoms with Gasteiger partial charge >= 0.3 is 0 Å². The van der Waals surface area contributed by atoms with E-state index in [9.17, 15) is 4.79 Å². The maximum absolute atomic E-state index is 11.9. The molecule has 0 aliphatic carbocycles. The molecule has 1 aliphatic heterocycles. The summed E-state index contributed by atoms with van der Waals surface area (Å²) >= 11 is 0. The molecule has 18 heavy (non-hydrogen) atoms. The van der Waals surface area contributed by atoms with E-state index in [0.717, 1.165) is 6.42 Å². The molecule has 1 aliphatic rings. The number of rotatable bonds is 4. The molecule has 0 aromatic heterocycles. The number of benzene rings is 1. The van der Waals surface area contributed by atoms with Crippen molar-refractivity contribution in [2.45, 2.75) is 19.4 Å². The number of carbonyl (C=O) groups excluding carboxylic acids is 1. The minimum Gasteiger partial charge on any atom is -0.379 e. The number of amides is 1. The molecule has 3 N–H and O–H groups in total. The molecule has 2 atom stereocenters. The Hall–Kier alpha value is -1.39. The van der Waals surface area contributed by atoms with Crippen LogP contribution >= 0.6 is 0 Å². The normalized spacial score (nSPS) is 23.0. The van der Waals surface area contributed by atoms with Crippen LogP contribution in [0, 0.1) is 12.8 Å². The molecule has 1 fully saturated rings. The van der Waals surface area contributed by atoms with Crippen molar-refractivity contribution in [3.05, 3.63) is 35.4 Å². The topological polar surface area (TPSA) is 64.3 Å². The molecule has 2 rings (SSSR count). The monoisotopic (exact) mass is 248 g/mol. The highest BCUT2D eigenvalue weighted by molar-refractivity contribution is 5.79. The van der Waals surface area contributed by atoms with Gasteiger partial charge in [0.25, 0.3) is 0 Å². The molecule has 1 heterocycles. The van der Waals surface area contributed by atoms with Crippen LogP contribution in [0.25, 0.3) is 0 Å². The van der Waals surface area contributed by atoms with Crippen LogP contribution in [0.4, 0.5) is 0 Å². The van der Waals surface area contributed by atoms with Gasteiger partial charge in [0.05, 0.1) is 19.1 Å². The van der Waals surface area contributed by atoms with E-state index >= 15 is 0 Å². The van der Waals surface area contributed by atoms with Crippen molar-refractivity contribution < 1.29 is 9.53 Å². The number of nitrogens with two attached hydrogens (primary N) is 1. The number of carbonyl (C=O) groups is 1. The first-order valence-electron chi connectivity index (χ1n) is 6.34. The van der Waals surface area contributed by atoms with Crippen molar-refractivity contribution in [3.8, 4) is 0 Å². The van der Waals surface area contributed by atoms with Crippen LogP contribution in [0.2, 0.25) is 0 Å². The Balaban J connectivity index is 1.79. The first kappa shape index (κ1) is 13.1. The molecule has 2 unspecified atom stereocenters. The zero-order valence-electron chi connectivity index (χ0n) is 10.7. The van der Waals surface area contributed by atoms with Gasteiger partial charge in [-0.25, -0.2) is 0 Å². The minimum atomic E-state index is -0.193. The van der Waals surface area contributed by atoms with Gasteiger partial charge in [-0.3, -0.25) is 4.79 Å². The van der Waals surface area contributed by atoms with Gasteiger partial charge in [0.2, 0.25) is 5.91 Å². The number of hydrogen-bond donors (Lipinski definition) is 2. The standard InChI is InChI=1S/C14H20N2O2/c1-10-4-2-3-5-11(10)6-7-16-14(17)12-8-18-9-13(12)15/h2-5,12-13H,6-9,15H2,1H3,(H,16,17). The predicted molar refractivity (Wildman–Crippen MR) is 70.2 cm³/mol. The van der Waals surface area contributed by atoms with Gasteiger partial charge in [-0.05, 0) is 24.5 Å². The molecule has 98 valence electrons. The summed E-state index contributed by atoms with van der Waals surface area (Å²) in [5.41, 5.74) is 8.33. The van der Waals surface area contributed by atoms with Gasteiger partial charge in [-0.2, -0.15) is 0 Å². The maximum Gasteiger partial charge on any atom is 0.227 e. The van der Waals surface area contributed by atoms with Crippen LogP contribution < -0.4 is 11.1 Å². The summed E-state index contributed by atoms with van der Waals surface area (Å²) in [7, 11) is 0. The summed E-state index contributed by atoms with van der Waals surface area (Å²) in [6.07, 6.45) is 0.848. The quantitative estimate of drug-likeness (QED) is 0.821. The predicted octanol–water partition coefficient (Wildman–Crippen LogP) is 0.627. The van der Waals surface area contributed by atoms with Crippen LogP contribution in [0.1, 0.15) is 11.1 Å². The maximum atomic E-state index is 11.9. The molecule has 0 bridgehead atoms. The minimum absolute atomic E-state index is 0.00795. The first-order valence-corrected chi connectivity index (χ1v) is 6.34. The van der Waals surface area contributed by atoms with Gasteiger partial charge in [-0.15, -0.1) is 0 Å². The molecular weight excluding hydrogens is 228 g/mol. The molecular formula is C14H20N2O2. The summed E-state index contributed by atoms with van der Waals surface area (Å²) in [6.45, 7) is 3.65. The van der Waals surface area contributed by atoms with Crippen LogP contribution in [0.5, 0.6) is 0 Å². The summed E-state index contributed by atoms with van der Waals surface area (Å²) in [4.78, 5) is 11.9. The first-order chi connectivity index (χ1) is 8.68. The van der Waals surface area contributed by atoms with E-state index in [-0.39, 0.29) is 17.9 Å². The Morgan fingerprint density at radius 3 is 2.89 bits per heavy atom. The lowest BCUT2D eigenvalue weighted by Gasteiger charge is -2.13. The summed E-state index contributed by atoms with van der Waals surface area (Å²) in [5, 5.41) is 2.93. The molecule has 0 saturated carbocycles. The molecule has 0 spiro atoms. The van der Waals surface area contributed by atoms with E-state index in [1.807, 2.05) is 12.1 Å². The lowest BCUT2D eigenvalue weighted by molar-refractivity contribution is -0.125. The van der Waals surface area contributed by atoms with Gasteiger partial charge in [0, 0.05) is 12.6 Å². The Kier molecular flexibility index (Phi) is 4.33. The smallest absolute Gasteiger partial charge is 0.227 e. The SMILES string of the molecule is Cc1ccccc1CCNC(=O)C1COCC1N. The van der Waals surface area contributed by atoms with Gasteiger partial charge in [0.1, 0.15) is 0 Å². The van der Waals surface area contributed by atoms with Gasteiger partial charge in [0.15, 0.2) is 0 Å². The third kappa shape index (κ3) is 3.09. The van der Waals surface area contributed by atoms with E-state index in [1.54, 1.807) is 0 Å². The fourth-order valence-electron chi connectivity index (χ4n) is 2.18. The molecule has 1 aromatic carbocycles. The molecule has 1 amide bonds. The number of nitrogens with one attached hydrogen (secondary N) is 1. The molecule has 0 radical (unpaired) electrons. The highest BCUT2D eigenvalue weighted by Crippen LogP contribution is 2.12. The fourth-order valence-corrected chi connectivity index (χ4v) is 2.18. The van der Waals surface area contributed by atoms with Crippen molar-refractivity contribution in [1.82, 2.24) is 5.32 Å². The third-order valence-electron chi connectivity index (χ3n) is 3.42. The lowest BCUT2D eigenvalue weighted by atomic mass is 10.0. The van der Waals surface area contributed by atoms with E-state index < -0.39 is 0 Å². The largest absolute Gasteiger partial charge is 0.379 e. The number of aryl methyl sites for hydroxylation is 1. The molecule has 4 nitrogen and oxygen atoms in total. The molecule has 1 aromatic rings. The lowest BCUT2D eigenvalue weighted by Crippen LogP contribution is -2.41. The molecule has 1 saturated heterocycles. The Morgan fingerprint density at radius 2 is 2.22 bits per heavy atom. The summed E-state index contributed by atoms with van der Waals surface area (Å²) in [6, 6.07) is 8.05. The van der Waals surface area contributed by atoms with Crippen LogP contribution in [-0.2, 0) is 16.0 Å². The Bertz CT molecular complexity index is 420. The van der Waals surface area contributed by atoms with Crippen molar-refractivity contribution in [2.75, 3.05) is 19.8 Å². The second kappa shape index (κ2) is 5.98. The number of ether oxygens (including phenoxy) is 1. The van der Waals surface area contributed by atoms with Crippen molar-refractivity contribution in [1.29, 1.82) is 0 Å². The highest BCUT2D eigenvalue weighted by Gasteiger charge is 2.30. The van der Waals surface area contributed by atoms with Gasteiger partial charge < -0.3 is 15.8 Å². The average molecular weight is 248 g/mol. The van der Waals surface area contributed by atoms with E-state index in [0.29, 0.717) is 19.8 Å². The van der Waals surface area contributed by atoms with Crippen LogP contribution in [0.15, 0.2) is 24.3 Å². The van der Waals surface area contributed by atoms with Crippen LogP contribution in [-0.4, -0.2) is 31.7 Å². The highest BCUT2D eigenvalue weighted by atomic mass is 16.5. The summed E-state index contributed by atoms with van der Waals surface area (Å²) in [5.74, 6) is -0.185. The Morgan fingerprint density at radius 1 is 1.44 bits per heavy atom. The second-order valence-corrected chi connectivity index (χ2v) is 4.78. The average Bonchev–Trinajstić information content (AvgIpc) is 2.78. The Labute approximate surface area is 108 Å². The zero-order valence-corrected chi connectivity index (χ0v) is 10.7. The number of hydrogen-bond acceptors (Lipinski definition) is 3. The van der Waals surface area contributed by atoms with Gasteiger partial charge in [-0.1, -0.05) is 24.3 Å². The van der Waals surface area contributed by atoms with Crippen molar-refractivity contribution in [3.63, 3.8) is 0 Å².